The first-order valence-corrected chi connectivity index (χ1v) is 8.31. The number of hydrogen-bond acceptors (Lipinski definition) is 4. The van der Waals surface area contributed by atoms with Crippen LogP contribution >= 0.6 is 11.3 Å². The van der Waals surface area contributed by atoms with E-state index in [9.17, 15) is 0 Å². The zero-order valence-corrected chi connectivity index (χ0v) is 13.8. The van der Waals surface area contributed by atoms with Crippen molar-refractivity contribution in [2.45, 2.75) is 39.0 Å². The highest BCUT2D eigenvalue weighted by atomic mass is 32.1. The van der Waals surface area contributed by atoms with E-state index in [1.54, 1.807) is 0 Å². The number of aromatic nitrogens is 2. The highest BCUT2D eigenvalue weighted by Crippen LogP contribution is 2.33. The minimum atomic E-state index is 0.342. The van der Waals surface area contributed by atoms with Gasteiger partial charge in [0.05, 0.1) is 12.3 Å². The lowest BCUT2D eigenvalue weighted by atomic mass is 10.2. The normalized spacial score (nSPS) is 18.8. The standard InChI is InChI=1S/C16H23N3OS/c1-12-13(9-17-19(12)3)10-18(2)11-14-6-7-16(21-14)15-5-4-8-20-15/h6-7,9,15H,4-5,8,10-11H2,1-3H3. The van der Waals surface area contributed by atoms with Gasteiger partial charge in [-0.3, -0.25) is 9.58 Å². The van der Waals surface area contributed by atoms with Gasteiger partial charge in [-0.05, 0) is 38.9 Å². The minimum absolute atomic E-state index is 0.342. The lowest BCUT2D eigenvalue weighted by Gasteiger charge is -2.15. The summed E-state index contributed by atoms with van der Waals surface area (Å²) in [6, 6.07) is 4.48. The zero-order chi connectivity index (χ0) is 14.8. The molecule has 0 amide bonds. The lowest BCUT2D eigenvalue weighted by molar-refractivity contribution is 0.114. The van der Waals surface area contributed by atoms with E-state index < -0.39 is 0 Å². The molecule has 1 unspecified atom stereocenters. The summed E-state index contributed by atoms with van der Waals surface area (Å²) in [5.74, 6) is 0. The summed E-state index contributed by atoms with van der Waals surface area (Å²) in [4.78, 5) is 5.13. The molecule has 0 N–H and O–H groups in total. The number of hydrogen-bond donors (Lipinski definition) is 0. The first-order valence-electron chi connectivity index (χ1n) is 7.49. The van der Waals surface area contributed by atoms with Crippen LogP contribution in [0, 0.1) is 6.92 Å². The second-order valence-electron chi connectivity index (χ2n) is 5.86. The molecule has 5 heteroatoms. The molecule has 1 atom stereocenters. The monoisotopic (exact) mass is 305 g/mol. The van der Waals surface area contributed by atoms with Crippen LogP contribution in [-0.4, -0.2) is 28.3 Å². The van der Waals surface area contributed by atoms with Crippen molar-refractivity contribution in [2.24, 2.45) is 7.05 Å². The number of ether oxygens (including phenoxy) is 1. The third kappa shape index (κ3) is 3.36. The van der Waals surface area contributed by atoms with Crippen LogP contribution in [0.25, 0.3) is 0 Å². The van der Waals surface area contributed by atoms with Crippen molar-refractivity contribution < 1.29 is 4.74 Å². The molecule has 0 saturated carbocycles. The van der Waals surface area contributed by atoms with Crippen molar-refractivity contribution in [3.8, 4) is 0 Å². The maximum atomic E-state index is 5.76. The number of thiophene rings is 1. The number of nitrogens with zero attached hydrogens (tertiary/aromatic N) is 3. The average molecular weight is 305 g/mol. The van der Waals surface area contributed by atoms with E-state index in [-0.39, 0.29) is 0 Å². The molecular formula is C16H23N3OS. The van der Waals surface area contributed by atoms with Gasteiger partial charge in [-0.1, -0.05) is 0 Å². The molecule has 3 heterocycles. The molecule has 3 rings (SSSR count). The summed E-state index contributed by atoms with van der Waals surface area (Å²) < 4.78 is 7.69. The highest BCUT2D eigenvalue weighted by Gasteiger charge is 2.19. The lowest BCUT2D eigenvalue weighted by Crippen LogP contribution is -2.16. The predicted octanol–water partition coefficient (Wildman–Crippen LogP) is 3.27. The van der Waals surface area contributed by atoms with Crippen LogP contribution < -0.4 is 0 Å². The summed E-state index contributed by atoms with van der Waals surface area (Å²) in [6.07, 6.45) is 4.68. The van der Waals surface area contributed by atoms with Crippen LogP contribution in [0.1, 0.15) is 40.0 Å². The Balaban J connectivity index is 1.59. The largest absolute Gasteiger partial charge is 0.373 e. The molecule has 1 aliphatic rings. The van der Waals surface area contributed by atoms with Crippen LogP contribution in [0.4, 0.5) is 0 Å². The summed E-state index contributed by atoms with van der Waals surface area (Å²) in [5.41, 5.74) is 2.55. The van der Waals surface area contributed by atoms with Gasteiger partial charge in [0.2, 0.25) is 0 Å². The van der Waals surface area contributed by atoms with E-state index in [2.05, 4.69) is 36.1 Å². The Hall–Kier alpha value is -1.17. The van der Waals surface area contributed by atoms with Gasteiger partial charge >= 0.3 is 0 Å². The van der Waals surface area contributed by atoms with Crippen molar-refractivity contribution in [2.75, 3.05) is 13.7 Å². The second-order valence-corrected chi connectivity index (χ2v) is 7.06. The average Bonchev–Trinajstić information content (AvgIpc) is 3.16. The molecule has 0 radical (unpaired) electrons. The van der Waals surface area contributed by atoms with Crippen LogP contribution in [0.2, 0.25) is 0 Å². The predicted molar refractivity (Wildman–Crippen MR) is 85.4 cm³/mol. The van der Waals surface area contributed by atoms with Gasteiger partial charge < -0.3 is 4.74 Å². The van der Waals surface area contributed by atoms with E-state index >= 15 is 0 Å². The van der Waals surface area contributed by atoms with E-state index in [0.717, 1.165) is 19.7 Å². The molecule has 114 valence electrons. The van der Waals surface area contributed by atoms with Gasteiger partial charge in [0.1, 0.15) is 0 Å². The quantitative estimate of drug-likeness (QED) is 0.849. The molecule has 1 fully saturated rings. The molecule has 0 bridgehead atoms. The molecule has 2 aromatic heterocycles. The van der Waals surface area contributed by atoms with Crippen molar-refractivity contribution >= 4 is 11.3 Å². The Morgan fingerprint density at radius 2 is 2.29 bits per heavy atom. The van der Waals surface area contributed by atoms with Gasteiger partial charge in [0.25, 0.3) is 0 Å². The van der Waals surface area contributed by atoms with Crippen LogP contribution in [0.5, 0.6) is 0 Å². The molecule has 1 aliphatic heterocycles. The smallest absolute Gasteiger partial charge is 0.0917 e. The van der Waals surface area contributed by atoms with E-state index in [4.69, 9.17) is 4.74 Å². The summed E-state index contributed by atoms with van der Waals surface area (Å²) in [6.45, 7) is 4.95. The minimum Gasteiger partial charge on any atom is -0.373 e. The molecule has 0 aliphatic carbocycles. The van der Waals surface area contributed by atoms with Crippen molar-refractivity contribution in [3.63, 3.8) is 0 Å². The van der Waals surface area contributed by atoms with Crippen LogP contribution in [0.15, 0.2) is 18.3 Å². The zero-order valence-electron chi connectivity index (χ0n) is 13.0. The SMILES string of the molecule is Cc1c(CN(C)Cc2ccc(C3CCCO3)s2)cnn1C. The fourth-order valence-corrected chi connectivity index (χ4v) is 3.94. The molecule has 1 saturated heterocycles. The van der Waals surface area contributed by atoms with Crippen molar-refractivity contribution in [1.82, 2.24) is 14.7 Å². The van der Waals surface area contributed by atoms with Gasteiger partial charge in [-0.15, -0.1) is 11.3 Å². The third-order valence-corrected chi connectivity index (χ3v) is 5.29. The maximum absolute atomic E-state index is 5.76. The maximum Gasteiger partial charge on any atom is 0.0917 e. The molecular weight excluding hydrogens is 282 g/mol. The fourth-order valence-electron chi connectivity index (χ4n) is 2.77. The van der Waals surface area contributed by atoms with Crippen LogP contribution in [0.3, 0.4) is 0 Å². The number of rotatable bonds is 5. The molecule has 0 spiro atoms. The topological polar surface area (TPSA) is 30.3 Å². The van der Waals surface area contributed by atoms with Crippen molar-refractivity contribution in [3.05, 3.63) is 39.3 Å². The Bertz CT molecular complexity index is 598. The van der Waals surface area contributed by atoms with Gasteiger partial charge in [0.15, 0.2) is 0 Å². The molecule has 21 heavy (non-hydrogen) atoms. The summed E-state index contributed by atoms with van der Waals surface area (Å²) in [5, 5.41) is 4.31. The molecule has 2 aromatic rings. The Morgan fingerprint density at radius 1 is 1.43 bits per heavy atom. The van der Waals surface area contributed by atoms with Crippen LogP contribution in [-0.2, 0) is 24.9 Å². The number of aryl methyl sites for hydroxylation is 1. The first-order chi connectivity index (χ1) is 10.1. The van der Waals surface area contributed by atoms with E-state index in [1.165, 1.54) is 33.9 Å². The Kier molecular flexibility index (Phi) is 4.42. The fraction of sp³-hybridized carbons (Fsp3) is 0.562. The van der Waals surface area contributed by atoms with Gasteiger partial charge in [-0.2, -0.15) is 5.10 Å². The van der Waals surface area contributed by atoms with E-state index in [1.807, 2.05) is 29.3 Å². The second kappa shape index (κ2) is 6.30. The Labute approximate surface area is 130 Å². The molecule has 4 nitrogen and oxygen atoms in total. The highest BCUT2D eigenvalue weighted by molar-refractivity contribution is 7.12. The van der Waals surface area contributed by atoms with Gasteiger partial charge in [-0.25, -0.2) is 0 Å². The summed E-state index contributed by atoms with van der Waals surface area (Å²) >= 11 is 1.89. The van der Waals surface area contributed by atoms with Crippen molar-refractivity contribution in [1.29, 1.82) is 0 Å². The third-order valence-electron chi connectivity index (χ3n) is 4.13. The molecule has 0 aromatic carbocycles. The van der Waals surface area contributed by atoms with E-state index in [0.29, 0.717) is 6.10 Å². The summed E-state index contributed by atoms with van der Waals surface area (Å²) in [7, 11) is 4.16. The Morgan fingerprint density at radius 3 is 2.95 bits per heavy atom. The first kappa shape index (κ1) is 14.8. The van der Waals surface area contributed by atoms with Gasteiger partial charge in [0, 0.05) is 47.8 Å².